The molecule has 0 aromatic rings. The molecule has 0 aromatic heterocycles. The van der Waals surface area contributed by atoms with Crippen molar-refractivity contribution in [3.8, 4) is 0 Å². The molecule has 0 heterocycles. The number of rotatable bonds is 2. The number of carbonyl (C=O) groups is 2. The summed E-state index contributed by atoms with van der Waals surface area (Å²) >= 11 is 0. The smallest absolute Gasteiger partial charge is 0.309 e. The van der Waals surface area contributed by atoms with E-state index < -0.39 is 45.8 Å². The molecule has 146 valence electrons. The van der Waals surface area contributed by atoms with Crippen molar-refractivity contribution < 1.29 is 30.0 Å². The van der Waals surface area contributed by atoms with E-state index in [4.69, 9.17) is 0 Å². The molecule has 4 N–H and O–H groups in total. The highest BCUT2D eigenvalue weighted by atomic mass is 16.4. The Hall–Kier alpha value is -0.980. The molecular formula is C20H30O6. The van der Waals surface area contributed by atoms with E-state index in [1.165, 1.54) is 0 Å². The van der Waals surface area contributed by atoms with E-state index >= 15 is 0 Å². The van der Waals surface area contributed by atoms with E-state index in [2.05, 4.69) is 0 Å². The SMILES string of the molecule is C[C@@]1(C(=O)O)CCC[C@]2(C)[C@@H]1CC[C@@]13CC(CC[C@]12O)[C@](O)(CO)C3=O. The van der Waals surface area contributed by atoms with Crippen molar-refractivity contribution in [1.29, 1.82) is 0 Å². The van der Waals surface area contributed by atoms with E-state index in [-0.39, 0.29) is 11.8 Å². The summed E-state index contributed by atoms with van der Waals surface area (Å²) in [7, 11) is 0. The van der Waals surface area contributed by atoms with Crippen molar-refractivity contribution in [3.05, 3.63) is 0 Å². The van der Waals surface area contributed by atoms with Crippen molar-refractivity contribution in [1.82, 2.24) is 0 Å². The van der Waals surface area contributed by atoms with Gasteiger partial charge in [0.1, 0.15) is 5.60 Å². The van der Waals surface area contributed by atoms with Gasteiger partial charge in [-0.2, -0.15) is 0 Å². The molecule has 0 aliphatic heterocycles. The highest BCUT2D eigenvalue weighted by Crippen LogP contribution is 2.73. The van der Waals surface area contributed by atoms with Gasteiger partial charge in [-0.3, -0.25) is 9.59 Å². The molecule has 0 saturated heterocycles. The van der Waals surface area contributed by atoms with Crippen LogP contribution in [0.1, 0.15) is 65.2 Å². The number of fused-ring (bicyclic) bond motifs is 3. The fourth-order valence-electron chi connectivity index (χ4n) is 7.71. The zero-order valence-corrected chi connectivity index (χ0v) is 15.6. The maximum absolute atomic E-state index is 13.3. The molecule has 1 spiro atoms. The molecule has 6 heteroatoms. The van der Waals surface area contributed by atoms with Crippen LogP contribution in [0.25, 0.3) is 0 Å². The van der Waals surface area contributed by atoms with Crippen LogP contribution in [0, 0.1) is 28.1 Å². The summed E-state index contributed by atoms with van der Waals surface area (Å²) in [5.41, 5.74) is -5.74. The maximum Gasteiger partial charge on any atom is 0.309 e. The van der Waals surface area contributed by atoms with Gasteiger partial charge in [-0.1, -0.05) is 13.3 Å². The van der Waals surface area contributed by atoms with Crippen LogP contribution in [0.15, 0.2) is 0 Å². The summed E-state index contributed by atoms with van der Waals surface area (Å²) in [6.45, 7) is 3.13. The predicted octanol–water partition coefficient (Wildman–Crippen LogP) is 1.50. The minimum atomic E-state index is -1.77. The van der Waals surface area contributed by atoms with Crippen molar-refractivity contribution in [3.63, 3.8) is 0 Å². The summed E-state index contributed by atoms with van der Waals surface area (Å²) in [6, 6.07) is 0. The first-order valence-corrected chi connectivity index (χ1v) is 9.86. The quantitative estimate of drug-likeness (QED) is 0.589. The van der Waals surface area contributed by atoms with Crippen LogP contribution in [0.4, 0.5) is 0 Å². The third-order valence-electron chi connectivity index (χ3n) is 9.21. The number of hydrogen-bond acceptors (Lipinski definition) is 5. The molecule has 4 saturated carbocycles. The second-order valence-corrected chi connectivity index (χ2v) is 9.88. The van der Waals surface area contributed by atoms with E-state index in [0.29, 0.717) is 51.4 Å². The summed E-state index contributed by atoms with van der Waals surface area (Å²) in [5.74, 6) is -1.77. The van der Waals surface area contributed by atoms with Crippen molar-refractivity contribution in [2.45, 2.75) is 76.4 Å². The van der Waals surface area contributed by atoms with Gasteiger partial charge in [0.15, 0.2) is 5.78 Å². The molecule has 26 heavy (non-hydrogen) atoms. The number of hydrogen-bond donors (Lipinski definition) is 4. The zero-order chi connectivity index (χ0) is 19.2. The normalized spacial score (nSPS) is 56.0. The standard InChI is InChI=1S/C20H30O6/c1-16(15(23)24)6-3-7-17(2)13(16)5-8-18-10-12(4-9-20(17,18)26)19(25,11-21)14(18)22/h12-13,21,25-26H,3-11H2,1-2H3,(H,23,24)/t12?,13-,16-,17-,18+,19-,20-/m1/s1. The van der Waals surface area contributed by atoms with E-state index in [9.17, 15) is 30.0 Å². The first-order chi connectivity index (χ1) is 12.0. The van der Waals surface area contributed by atoms with Gasteiger partial charge in [-0.25, -0.2) is 0 Å². The molecule has 6 nitrogen and oxygen atoms in total. The van der Waals surface area contributed by atoms with E-state index in [1.807, 2.05) is 6.92 Å². The van der Waals surface area contributed by atoms with Crippen LogP contribution < -0.4 is 0 Å². The molecule has 4 fully saturated rings. The Morgan fingerprint density at radius 3 is 2.42 bits per heavy atom. The molecule has 4 aliphatic rings. The minimum Gasteiger partial charge on any atom is -0.481 e. The van der Waals surface area contributed by atoms with E-state index in [1.54, 1.807) is 6.92 Å². The minimum absolute atomic E-state index is 0.205. The van der Waals surface area contributed by atoms with Gasteiger partial charge in [0, 0.05) is 5.41 Å². The van der Waals surface area contributed by atoms with Crippen LogP contribution in [0.5, 0.6) is 0 Å². The summed E-state index contributed by atoms with van der Waals surface area (Å²) in [4.78, 5) is 25.4. The van der Waals surface area contributed by atoms with Crippen LogP contribution in [0.2, 0.25) is 0 Å². The number of aliphatic carboxylic acids is 1. The second-order valence-electron chi connectivity index (χ2n) is 9.88. The van der Waals surface area contributed by atoms with Gasteiger partial charge >= 0.3 is 5.97 Å². The number of aliphatic hydroxyl groups excluding tert-OH is 1. The highest BCUT2D eigenvalue weighted by molar-refractivity contribution is 5.97. The number of carboxylic acids is 1. The summed E-state index contributed by atoms with van der Waals surface area (Å²) in [5, 5.41) is 42.5. The van der Waals surface area contributed by atoms with Crippen LogP contribution >= 0.6 is 0 Å². The Morgan fingerprint density at radius 2 is 1.81 bits per heavy atom. The molecule has 0 amide bonds. The lowest BCUT2D eigenvalue weighted by Crippen LogP contribution is -2.70. The summed E-state index contributed by atoms with van der Waals surface area (Å²) in [6.07, 6.45) is 4.19. The number of aliphatic hydroxyl groups is 3. The summed E-state index contributed by atoms with van der Waals surface area (Å²) < 4.78 is 0. The van der Waals surface area contributed by atoms with Gasteiger partial charge in [-0.15, -0.1) is 0 Å². The lowest BCUT2D eigenvalue weighted by Gasteiger charge is -2.66. The third kappa shape index (κ3) is 1.70. The molecule has 1 unspecified atom stereocenters. The zero-order valence-electron chi connectivity index (χ0n) is 15.6. The van der Waals surface area contributed by atoms with Gasteiger partial charge in [0.2, 0.25) is 0 Å². The lowest BCUT2D eigenvalue weighted by molar-refractivity contribution is -0.255. The van der Waals surface area contributed by atoms with Gasteiger partial charge in [0.05, 0.1) is 23.0 Å². The largest absolute Gasteiger partial charge is 0.481 e. The van der Waals surface area contributed by atoms with Gasteiger partial charge in [0.25, 0.3) is 0 Å². The monoisotopic (exact) mass is 366 g/mol. The second kappa shape index (κ2) is 5.09. The van der Waals surface area contributed by atoms with Crippen LogP contribution in [0.3, 0.4) is 0 Å². The Labute approximate surface area is 153 Å². The first kappa shape index (κ1) is 18.4. The lowest BCUT2D eigenvalue weighted by atomic mass is 9.38. The fourth-order valence-corrected chi connectivity index (χ4v) is 7.71. The molecule has 7 atom stereocenters. The molecule has 2 bridgehead atoms. The first-order valence-electron chi connectivity index (χ1n) is 9.86. The number of carbonyl (C=O) groups excluding carboxylic acids is 1. The van der Waals surface area contributed by atoms with Crippen molar-refractivity contribution >= 4 is 11.8 Å². The molecule has 4 aliphatic carbocycles. The van der Waals surface area contributed by atoms with Gasteiger partial charge in [-0.05, 0) is 63.7 Å². The molecular weight excluding hydrogens is 336 g/mol. The Kier molecular flexibility index (Phi) is 3.60. The van der Waals surface area contributed by atoms with E-state index in [0.717, 1.165) is 0 Å². The maximum atomic E-state index is 13.3. The average Bonchev–Trinajstić information content (AvgIpc) is 2.77. The Bertz CT molecular complexity index is 677. The van der Waals surface area contributed by atoms with Gasteiger partial charge < -0.3 is 20.4 Å². The number of Topliss-reactive ketones (excluding diaryl/α,β-unsaturated/α-hetero) is 1. The number of carboxylic acid groups (broad SMARTS) is 1. The Morgan fingerprint density at radius 1 is 1.12 bits per heavy atom. The Balaban J connectivity index is 1.85. The predicted molar refractivity (Wildman–Crippen MR) is 92.2 cm³/mol. The van der Waals surface area contributed by atoms with Crippen molar-refractivity contribution in [2.24, 2.45) is 28.1 Å². The van der Waals surface area contributed by atoms with Crippen LogP contribution in [-0.2, 0) is 9.59 Å². The topological polar surface area (TPSA) is 115 Å². The average molecular weight is 366 g/mol. The third-order valence-corrected chi connectivity index (χ3v) is 9.21. The fraction of sp³-hybridized carbons (Fsp3) is 0.900. The van der Waals surface area contributed by atoms with Crippen LogP contribution in [-0.4, -0.2) is 50.0 Å². The van der Waals surface area contributed by atoms with Crippen molar-refractivity contribution in [2.75, 3.05) is 6.61 Å². The highest BCUT2D eigenvalue weighted by Gasteiger charge is 2.78. The molecule has 4 rings (SSSR count). The molecule has 0 aromatic carbocycles. The number of ketones is 1. The molecule has 0 radical (unpaired) electrons.